The third-order valence-corrected chi connectivity index (χ3v) is 2.56. The van der Waals surface area contributed by atoms with Crippen LogP contribution in [-0.4, -0.2) is 4.98 Å². The maximum atomic E-state index is 5.98. The number of pyridine rings is 1. The third kappa shape index (κ3) is 1.95. The zero-order valence-corrected chi connectivity index (χ0v) is 8.91. The number of benzene rings is 1. The van der Waals surface area contributed by atoms with E-state index in [9.17, 15) is 0 Å². The molecule has 3 heteroatoms. The fourth-order valence-corrected chi connectivity index (χ4v) is 1.69. The van der Waals surface area contributed by atoms with Crippen molar-refractivity contribution in [3.8, 4) is 11.3 Å². The molecule has 1 aromatic heterocycles. The van der Waals surface area contributed by atoms with Crippen LogP contribution in [0.5, 0.6) is 0 Å². The Balaban J connectivity index is 2.54. The van der Waals surface area contributed by atoms with Crippen LogP contribution in [0.1, 0.15) is 5.56 Å². The van der Waals surface area contributed by atoms with Crippen molar-refractivity contribution in [3.05, 3.63) is 48.2 Å². The van der Waals surface area contributed by atoms with Crippen molar-refractivity contribution in [2.75, 3.05) is 5.73 Å². The van der Waals surface area contributed by atoms with Gasteiger partial charge in [-0.1, -0.05) is 30.3 Å². The molecule has 0 radical (unpaired) electrons. The summed E-state index contributed by atoms with van der Waals surface area (Å²) in [5.41, 5.74) is 9.38. The van der Waals surface area contributed by atoms with E-state index in [4.69, 9.17) is 17.3 Å². The number of nitrogen functional groups attached to an aromatic ring is 1. The molecule has 0 amide bonds. The monoisotopic (exact) mass is 218 g/mol. The lowest BCUT2D eigenvalue weighted by atomic mass is 10.1. The minimum Gasteiger partial charge on any atom is -0.397 e. The Bertz CT molecular complexity index is 454. The predicted molar refractivity (Wildman–Crippen MR) is 63.6 cm³/mol. The number of hydrogen-bond acceptors (Lipinski definition) is 2. The summed E-state index contributed by atoms with van der Waals surface area (Å²) < 4.78 is 0. The van der Waals surface area contributed by atoms with Crippen molar-refractivity contribution in [3.63, 3.8) is 0 Å². The van der Waals surface area contributed by atoms with Crippen LogP contribution in [0.15, 0.2) is 42.6 Å². The van der Waals surface area contributed by atoms with Gasteiger partial charge >= 0.3 is 0 Å². The van der Waals surface area contributed by atoms with E-state index in [2.05, 4.69) is 4.98 Å². The van der Waals surface area contributed by atoms with Gasteiger partial charge < -0.3 is 5.73 Å². The van der Waals surface area contributed by atoms with Crippen LogP contribution >= 0.6 is 11.6 Å². The SMILES string of the molecule is Nc1c(CCl)ccnc1-c1ccccc1. The van der Waals surface area contributed by atoms with Crippen LogP contribution in [0.2, 0.25) is 0 Å². The Morgan fingerprint density at radius 1 is 1.13 bits per heavy atom. The second-order valence-electron chi connectivity index (χ2n) is 3.23. The Morgan fingerprint density at radius 2 is 1.87 bits per heavy atom. The molecule has 76 valence electrons. The summed E-state index contributed by atoms with van der Waals surface area (Å²) in [6.45, 7) is 0. The van der Waals surface area contributed by atoms with Crippen LogP contribution in [0, 0.1) is 0 Å². The molecule has 0 aliphatic carbocycles. The number of rotatable bonds is 2. The van der Waals surface area contributed by atoms with Gasteiger partial charge in [-0.25, -0.2) is 0 Å². The maximum Gasteiger partial charge on any atom is 0.0934 e. The highest BCUT2D eigenvalue weighted by Gasteiger charge is 2.06. The van der Waals surface area contributed by atoms with Crippen LogP contribution in [0.25, 0.3) is 11.3 Å². The van der Waals surface area contributed by atoms with Crippen LogP contribution in [-0.2, 0) is 5.88 Å². The van der Waals surface area contributed by atoms with E-state index in [1.807, 2.05) is 36.4 Å². The molecular weight excluding hydrogens is 208 g/mol. The summed E-state index contributed by atoms with van der Waals surface area (Å²) in [5.74, 6) is 0.411. The van der Waals surface area contributed by atoms with E-state index in [0.29, 0.717) is 11.6 Å². The van der Waals surface area contributed by atoms with Gasteiger partial charge in [0.1, 0.15) is 0 Å². The summed E-state index contributed by atoms with van der Waals surface area (Å²) in [6.07, 6.45) is 1.73. The largest absolute Gasteiger partial charge is 0.397 e. The summed E-state index contributed by atoms with van der Waals surface area (Å²) in [5, 5.41) is 0. The van der Waals surface area contributed by atoms with Crippen molar-refractivity contribution < 1.29 is 0 Å². The Kier molecular flexibility index (Phi) is 2.88. The first kappa shape index (κ1) is 9.99. The molecule has 0 saturated carbocycles. The van der Waals surface area contributed by atoms with E-state index >= 15 is 0 Å². The second-order valence-corrected chi connectivity index (χ2v) is 3.50. The number of nitrogens with two attached hydrogens (primary N) is 1. The molecule has 0 atom stereocenters. The zero-order valence-electron chi connectivity index (χ0n) is 8.15. The molecule has 1 heterocycles. The molecule has 0 bridgehead atoms. The standard InChI is InChI=1S/C12H11ClN2/c13-8-10-6-7-15-12(11(10)14)9-4-2-1-3-5-9/h1-7H,8,14H2. The summed E-state index contributed by atoms with van der Waals surface area (Å²) in [6, 6.07) is 11.7. The van der Waals surface area contributed by atoms with Crippen molar-refractivity contribution >= 4 is 17.3 Å². The highest BCUT2D eigenvalue weighted by Crippen LogP contribution is 2.26. The Labute approximate surface area is 93.7 Å². The van der Waals surface area contributed by atoms with Crippen LogP contribution in [0.3, 0.4) is 0 Å². The van der Waals surface area contributed by atoms with E-state index in [1.165, 1.54) is 0 Å². The molecule has 15 heavy (non-hydrogen) atoms. The quantitative estimate of drug-likeness (QED) is 0.787. The van der Waals surface area contributed by atoms with Gasteiger partial charge in [0.25, 0.3) is 0 Å². The molecule has 0 unspecified atom stereocenters. The average molecular weight is 219 g/mol. The van der Waals surface area contributed by atoms with Crippen molar-refractivity contribution in [1.82, 2.24) is 4.98 Å². The number of anilines is 1. The highest BCUT2D eigenvalue weighted by molar-refractivity contribution is 6.17. The van der Waals surface area contributed by atoms with E-state index in [1.54, 1.807) is 6.20 Å². The van der Waals surface area contributed by atoms with Crippen LogP contribution < -0.4 is 5.73 Å². The fraction of sp³-hybridized carbons (Fsp3) is 0.0833. The van der Waals surface area contributed by atoms with E-state index in [-0.39, 0.29) is 0 Å². The summed E-state index contributed by atoms with van der Waals surface area (Å²) in [4.78, 5) is 4.27. The average Bonchev–Trinajstić information content (AvgIpc) is 2.30. The first-order valence-electron chi connectivity index (χ1n) is 4.67. The number of aromatic nitrogens is 1. The Morgan fingerprint density at radius 3 is 2.53 bits per heavy atom. The number of hydrogen-bond donors (Lipinski definition) is 1. The number of alkyl halides is 1. The Hall–Kier alpha value is -1.54. The maximum absolute atomic E-state index is 5.98. The highest BCUT2D eigenvalue weighted by atomic mass is 35.5. The van der Waals surface area contributed by atoms with Crippen LogP contribution in [0.4, 0.5) is 5.69 Å². The first-order chi connectivity index (χ1) is 7.33. The number of halogens is 1. The predicted octanol–water partition coefficient (Wildman–Crippen LogP) is 3.07. The van der Waals surface area contributed by atoms with Gasteiger partial charge in [0, 0.05) is 17.6 Å². The fourth-order valence-electron chi connectivity index (χ4n) is 1.46. The van der Waals surface area contributed by atoms with Gasteiger partial charge in [-0.2, -0.15) is 0 Å². The molecule has 0 aliphatic rings. The van der Waals surface area contributed by atoms with Gasteiger partial charge in [-0.3, -0.25) is 4.98 Å². The topological polar surface area (TPSA) is 38.9 Å². The van der Waals surface area contributed by atoms with Crippen molar-refractivity contribution in [1.29, 1.82) is 0 Å². The minimum absolute atomic E-state index is 0.411. The van der Waals surface area contributed by atoms with E-state index in [0.717, 1.165) is 16.8 Å². The molecule has 2 N–H and O–H groups in total. The lowest BCUT2D eigenvalue weighted by Crippen LogP contribution is -1.97. The molecular formula is C12H11ClN2. The van der Waals surface area contributed by atoms with Crippen molar-refractivity contribution in [2.24, 2.45) is 0 Å². The van der Waals surface area contributed by atoms with Gasteiger partial charge in [0.05, 0.1) is 11.4 Å². The molecule has 0 fully saturated rings. The zero-order chi connectivity index (χ0) is 10.7. The smallest absolute Gasteiger partial charge is 0.0934 e. The summed E-state index contributed by atoms with van der Waals surface area (Å²) in [7, 11) is 0. The van der Waals surface area contributed by atoms with E-state index < -0.39 is 0 Å². The van der Waals surface area contributed by atoms with Gasteiger partial charge in [-0.15, -0.1) is 11.6 Å². The first-order valence-corrected chi connectivity index (χ1v) is 5.21. The molecule has 2 nitrogen and oxygen atoms in total. The minimum atomic E-state index is 0.411. The normalized spacial score (nSPS) is 10.2. The summed E-state index contributed by atoms with van der Waals surface area (Å²) >= 11 is 5.78. The molecule has 0 saturated heterocycles. The van der Waals surface area contributed by atoms with Gasteiger partial charge in [-0.05, 0) is 11.6 Å². The van der Waals surface area contributed by atoms with Gasteiger partial charge in [0.2, 0.25) is 0 Å². The molecule has 2 rings (SSSR count). The molecule has 0 spiro atoms. The molecule has 2 aromatic rings. The van der Waals surface area contributed by atoms with Crippen molar-refractivity contribution in [2.45, 2.75) is 5.88 Å². The van der Waals surface area contributed by atoms with Gasteiger partial charge in [0.15, 0.2) is 0 Å². The third-order valence-electron chi connectivity index (χ3n) is 2.27. The molecule has 0 aliphatic heterocycles. The molecule has 1 aromatic carbocycles. The number of nitrogens with zero attached hydrogens (tertiary/aromatic N) is 1. The lowest BCUT2D eigenvalue weighted by Gasteiger charge is -2.07. The second kappa shape index (κ2) is 4.32. The lowest BCUT2D eigenvalue weighted by molar-refractivity contribution is 1.27.